The van der Waals surface area contributed by atoms with Crippen molar-refractivity contribution in [3.63, 3.8) is 0 Å². The number of para-hydroxylation sites is 1. The lowest BCUT2D eigenvalue weighted by Crippen LogP contribution is -2.23. The lowest BCUT2D eigenvalue weighted by molar-refractivity contribution is -0.158. The van der Waals surface area contributed by atoms with Gasteiger partial charge in [0.25, 0.3) is 0 Å². The maximum atomic E-state index is 12.3. The average molecular weight is 946 g/mol. The highest BCUT2D eigenvalue weighted by atomic mass is 16.7. The third-order valence-electron chi connectivity index (χ3n) is 12.6. The van der Waals surface area contributed by atoms with Crippen LogP contribution in [0.4, 0.5) is 17.1 Å². The number of carbonyl (C=O) groups excluding carboxylic acids is 2. The van der Waals surface area contributed by atoms with Crippen molar-refractivity contribution in [3.8, 4) is 11.5 Å². The Labute approximate surface area is 420 Å². The van der Waals surface area contributed by atoms with Crippen LogP contribution in [0.2, 0.25) is 0 Å². The first-order chi connectivity index (χ1) is 34.0. The molecule has 0 radical (unpaired) electrons. The summed E-state index contributed by atoms with van der Waals surface area (Å²) in [5.74, 6) is 0.650. The maximum Gasteiger partial charge on any atom is 0.333 e. The average Bonchev–Trinajstić information content (AvgIpc) is 3.37. The van der Waals surface area contributed by atoms with Gasteiger partial charge in [-0.25, -0.2) is 9.59 Å². The fourth-order valence-corrected chi connectivity index (χ4v) is 8.44. The number of hydrogen-bond donors (Lipinski definition) is 0. The number of aryl methyl sites for hydroxylation is 1. The summed E-state index contributed by atoms with van der Waals surface area (Å²) in [5, 5.41) is 0. The maximum absolute atomic E-state index is 12.3. The summed E-state index contributed by atoms with van der Waals surface area (Å²) in [6, 6.07) is 42.7. The highest BCUT2D eigenvalue weighted by Crippen LogP contribution is 2.38. The molecule has 372 valence electrons. The molecule has 0 aliphatic rings. The number of benzene rings is 5. The molecule has 0 spiro atoms. The Morgan fingerprint density at radius 3 is 1.66 bits per heavy atom. The summed E-state index contributed by atoms with van der Waals surface area (Å²) in [6.07, 6.45) is 21.5. The van der Waals surface area contributed by atoms with Crippen LogP contribution in [0.1, 0.15) is 158 Å². The van der Waals surface area contributed by atoms with Crippen LogP contribution in [-0.4, -0.2) is 31.4 Å². The fourth-order valence-electron chi connectivity index (χ4n) is 8.44. The van der Waals surface area contributed by atoms with E-state index >= 15 is 0 Å². The molecule has 1 unspecified atom stereocenters. The smallest absolute Gasteiger partial charge is 0.333 e. The SMILES string of the molecule is C=CC(=O)OCCCCCCCCCCOc1ccc(C(=Cc2ccc(N(c3ccc(C(C)(C)C)cc3)c3ccccc3C)cc2)c2ccc(OC(CCCCCCCCC)OC(=O)C=C)cc2)cc1. The van der Waals surface area contributed by atoms with Crippen LogP contribution in [0.15, 0.2) is 147 Å². The summed E-state index contributed by atoms with van der Waals surface area (Å²) < 4.78 is 23.2. The largest absolute Gasteiger partial charge is 0.494 e. The topological polar surface area (TPSA) is 74.3 Å². The molecule has 0 bridgehead atoms. The normalized spacial score (nSPS) is 11.9. The van der Waals surface area contributed by atoms with E-state index in [0.29, 0.717) is 25.4 Å². The van der Waals surface area contributed by atoms with Gasteiger partial charge in [-0.05, 0) is 126 Å². The van der Waals surface area contributed by atoms with Crippen molar-refractivity contribution < 1.29 is 28.5 Å². The van der Waals surface area contributed by atoms with E-state index < -0.39 is 12.3 Å². The van der Waals surface area contributed by atoms with E-state index in [4.69, 9.17) is 18.9 Å². The van der Waals surface area contributed by atoms with E-state index in [-0.39, 0.29) is 11.4 Å². The third kappa shape index (κ3) is 18.5. The number of hydrogen-bond acceptors (Lipinski definition) is 7. The molecular formula is C63H79NO6. The molecular weight excluding hydrogens is 867 g/mol. The second-order valence-corrected chi connectivity index (χ2v) is 19.3. The minimum atomic E-state index is -0.693. The lowest BCUT2D eigenvalue weighted by atomic mass is 9.87. The van der Waals surface area contributed by atoms with E-state index in [0.717, 1.165) is 90.0 Å². The second-order valence-electron chi connectivity index (χ2n) is 19.3. The van der Waals surface area contributed by atoms with Gasteiger partial charge in [0.15, 0.2) is 0 Å². The molecule has 70 heavy (non-hydrogen) atoms. The van der Waals surface area contributed by atoms with E-state index in [1.165, 1.54) is 74.6 Å². The Balaban J connectivity index is 1.32. The first-order valence-electron chi connectivity index (χ1n) is 25.9. The Kier molecular flexibility index (Phi) is 23.1. The van der Waals surface area contributed by atoms with Crippen molar-refractivity contribution >= 4 is 40.6 Å². The van der Waals surface area contributed by atoms with Crippen molar-refractivity contribution in [1.29, 1.82) is 0 Å². The van der Waals surface area contributed by atoms with Crippen LogP contribution in [0, 0.1) is 6.92 Å². The fraction of sp³-hybridized carbons (Fsp3) is 0.397. The standard InChI is InChI=1S/C63H79NO6/c1-8-11-12-13-16-19-22-29-62(70-61(66)10-3)69-57-44-34-52(35-45-57)58(51-32-42-56(43-33-51)67-46-25-20-17-14-15-18-21-26-47-68-60(65)9-2)48-50-30-38-54(39-31-50)64(59-28-24-23-27-49(59)4)55-40-36-53(37-41-55)63(5,6)7/h9-10,23-24,27-28,30-45,48,62H,2-3,8,11-22,25-26,29,46-47H2,1,4-7H3. The van der Waals surface area contributed by atoms with Gasteiger partial charge in [-0.15, -0.1) is 0 Å². The number of esters is 2. The monoisotopic (exact) mass is 946 g/mol. The van der Waals surface area contributed by atoms with Gasteiger partial charge in [-0.1, -0.05) is 185 Å². The van der Waals surface area contributed by atoms with Gasteiger partial charge in [0.1, 0.15) is 11.5 Å². The van der Waals surface area contributed by atoms with Gasteiger partial charge in [-0.2, -0.15) is 0 Å². The molecule has 0 amide bonds. The second kappa shape index (κ2) is 29.6. The van der Waals surface area contributed by atoms with Gasteiger partial charge < -0.3 is 23.8 Å². The van der Waals surface area contributed by atoms with Crippen LogP contribution in [0.25, 0.3) is 11.6 Å². The molecule has 0 aromatic heterocycles. The molecule has 0 N–H and O–H groups in total. The van der Waals surface area contributed by atoms with Gasteiger partial charge in [0.2, 0.25) is 6.29 Å². The summed E-state index contributed by atoms with van der Waals surface area (Å²) in [5.41, 5.74) is 10.1. The van der Waals surface area contributed by atoms with Gasteiger partial charge >= 0.3 is 11.9 Å². The van der Waals surface area contributed by atoms with Crippen molar-refractivity contribution in [3.05, 3.63) is 174 Å². The lowest BCUT2D eigenvalue weighted by Gasteiger charge is -2.28. The Morgan fingerprint density at radius 1 is 0.586 bits per heavy atom. The van der Waals surface area contributed by atoms with Gasteiger partial charge in [0, 0.05) is 35.6 Å². The van der Waals surface area contributed by atoms with Gasteiger partial charge in [-0.3, -0.25) is 0 Å². The van der Waals surface area contributed by atoms with Crippen molar-refractivity contribution in [1.82, 2.24) is 0 Å². The molecule has 1 atom stereocenters. The zero-order valence-corrected chi connectivity index (χ0v) is 42.9. The van der Waals surface area contributed by atoms with Crippen LogP contribution >= 0.6 is 0 Å². The molecule has 0 saturated heterocycles. The predicted molar refractivity (Wildman–Crippen MR) is 291 cm³/mol. The number of unbranched alkanes of at least 4 members (excludes halogenated alkanes) is 13. The molecule has 0 heterocycles. The molecule has 7 heteroatoms. The van der Waals surface area contributed by atoms with Crippen LogP contribution < -0.4 is 14.4 Å². The minimum Gasteiger partial charge on any atom is -0.494 e. The Bertz CT molecular complexity index is 2360. The molecule has 0 aliphatic carbocycles. The van der Waals surface area contributed by atoms with E-state index in [2.05, 4.69) is 168 Å². The zero-order chi connectivity index (χ0) is 50.0. The molecule has 0 aliphatic heterocycles. The zero-order valence-electron chi connectivity index (χ0n) is 42.9. The Hall–Kier alpha value is -6.34. The summed E-state index contributed by atoms with van der Waals surface area (Å²) in [7, 11) is 0. The van der Waals surface area contributed by atoms with Gasteiger partial charge in [0.05, 0.1) is 13.2 Å². The van der Waals surface area contributed by atoms with Crippen molar-refractivity contribution in [2.75, 3.05) is 18.1 Å². The highest BCUT2D eigenvalue weighted by Gasteiger charge is 2.19. The first-order valence-corrected chi connectivity index (χ1v) is 25.9. The highest BCUT2D eigenvalue weighted by molar-refractivity contribution is 5.92. The number of nitrogens with zero attached hydrogens (tertiary/aromatic N) is 1. The molecule has 5 rings (SSSR count). The summed E-state index contributed by atoms with van der Waals surface area (Å²) in [6.45, 7) is 19.3. The van der Waals surface area contributed by atoms with Crippen molar-refractivity contribution in [2.24, 2.45) is 0 Å². The third-order valence-corrected chi connectivity index (χ3v) is 12.6. The molecule has 7 nitrogen and oxygen atoms in total. The Morgan fingerprint density at radius 2 is 1.10 bits per heavy atom. The minimum absolute atomic E-state index is 0.0587. The molecule has 0 saturated carbocycles. The quantitative estimate of drug-likeness (QED) is 0.0144. The molecule has 5 aromatic carbocycles. The number of ether oxygens (including phenoxy) is 4. The van der Waals surface area contributed by atoms with E-state index in [1.807, 2.05) is 12.1 Å². The number of anilines is 3. The molecule has 5 aromatic rings. The number of rotatable bonds is 31. The predicted octanol–water partition coefficient (Wildman–Crippen LogP) is 17.2. The first kappa shape index (κ1) is 54.6. The van der Waals surface area contributed by atoms with E-state index in [9.17, 15) is 9.59 Å². The van der Waals surface area contributed by atoms with Crippen molar-refractivity contribution in [2.45, 2.75) is 149 Å². The molecule has 0 fully saturated rings. The van der Waals surface area contributed by atoms with Crippen LogP contribution in [-0.2, 0) is 24.5 Å². The van der Waals surface area contributed by atoms with Crippen LogP contribution in [0.5, 0.6) is 11.5 Å². The summed E-state index contributed by atoms with van der Waals surface area (Å²) in [4.78, 5) is 25.8. The summed E-state index contributed by atoms with van der Waals surface area (Å²) >= 11 is 0. The van der Waals surface area contributed by atoms with E-state index in [1.54, 1.807) is 0 Å². The number of carbonyl (C=O) groups is 2. The van der Waals surface area contributed by atoms with Crippen LogP contribution in [0.3, 0.4) is 0 Å².